The summed E-state index contributed by atoms with van der Waals surface area (Å²) in [6.45, 7) is 2.64. The van der Waals surface area contributed by atoms with Gasteiger partial charge in [-0.2, -0.15) is 0 Å². The number of hydrogen-bond donors (Lipinski definition) is 1. The molecule has 3 heterocycles. The summed E-state index contributed by atoms with van der Waals surface area (Å²) in [4.78, 5) is 19.2. The minimum absolute atomic E-state index is 0.187. The molecule has 1 fully saturated rings. The van der Waals surface area contributed by atoms with Crippen molar-refractivity contribution in [1.29, 1.82) is 0 Å². The van der Waals surface area contributed by atoms with Crippen molar-refractivity contribution in [3.8, 4) is 0 Å². The van der Waals surface area contributed by atoms with Crippen LogP contribution in [-0.2, 0) is 13.0 Å². The van der Waals surface area contributed by atoms with Crippen LogP contribution in [0.4, 0.5) is 15.5 Å². The number of thiophene rings is 1. The molecule has 3 aliphatic rings. The first-order chi connectivity index (χ1) is 12.6. The molecule has 0 spiro atoms. The van der Waals surface area contributed by atoms with Crippen LogP contribution in [0.2, 0.25) is 5.02 Å². The van der Waals surface area contributed by atoms with Gasteiger partial charge >= 0.3 is 6.09 Å². The quantitative estimate of drug-likeness (QED) is 0.799. The Morgan fingerprint density at radius 1 is 1.23 bits per heavy atom. The van der Waals surface area contributed by atoms with Crippen molar-refractivity contribution >= 4 is 45.8 Å². The van der Waals surface area contributed by atoms with Crippen LogP contribution in [0.1, 0.15) is 16.0 Å². The topological polar surface area (TPSA) is 47.0 Å². The van der Waals surface area contributed by atoms with Crippen molar-refractivity contribution in [1.82, 2.24) is 4.90 Å². The number of allylic oxidation sites excluding steroid dienone is 1. The number of hydrogen-bond acceptors (Lipinski definition) is 4. The summed E-state index contributed by atoms with van der Waals surface area (Å²) in [5, 5.41) is 11.6. The monoisotopic (exact) mass is 387 g/mol. The van der Waals surface area contributed by atoms with Crippen molar-refractivity contribution in [3.63, 3.8) is 0 Å². The van der Waals surface area contributed by atoms with Crippen LogP contribution in [0.15, 0.2) is 30.3 Å². The van der Waals surface area contributed by atoms with Crippen LogP contribution in [0.5, 0.6) is 0 Å². The number of anilines is 2. The molecule has 0 bridgehead atoms. The second kappa shape index (κ2) is 5.93. The molecule has 1 atom stereocenters. The van der Waals surface area contributed by atoms with Crippen molar-refractivity contribution in [2.24, 2.45) is 0 Å². The summed E-state index contributed by atoms with van der Waals surface area (Å²) in [6, 6.07) is 7.81. The highest BCUT2D eigenvalue weighted by molar-refractivity contribution is 7.17. The number of carboxylic acid groups (broad SMARTS) is 1. The molecule has 1 aliphatic carbocycles. The summed E-state index contributed by atoms with van der Waals surface area (Å²) in [7, 11) is 0. The van der Waals surface area contributed by atoms with Gasteiger partial charge in [-0.25, -0.2) is 4.79 Å². The highest BCUT2D eigenvalue weighted by Gasteiger charge is 2.41. The van der Waals surface area contributed by atoms with Crippen LogP contribution in [-0.4, -0.2) is 41.9 Å². The molecule has 2 aromatic rings. The minimum Gasteiger partial charge on any atom is -0.465 e. The Balaban J connectivity index is 1.64. The van der Waals surface area contributed by atoms with E-state index in [9.17, 15) is 9.90 Å². The molecule has 1 N–H and O–H groups in total. The smallest absolute Gasteiger partial charge is 0.409 e. The molecule has 7 heteroatoms. The average Bonchev–Trinajstić information content (AvgIpc) is 3.28. The fraction of sp³-hybridized carbons (Fsp3) is 0.316. The lowest BCUT2D eigenvalue weighted by Crippen LogP contribution is -2.47. The third-order valence-electron chi connectivity index (χ3n) is 5.45. The molecule has 1 aromatic heterocycles. The number of benzene rings is 1. The molecule has 5 nitrogen and oxygen atoms in total. The van der Waals surface area contributed by atoms with E-state index in [0.29, 0.717) is 18.1 Å². The summed E-state index contributed by atoms with van der Waals surface area (Å²) in [5.74, 6) is 0. The Kier molecular flexibility index (Phi) is 3.65. The van der Waals surface area contributed by atoms with Crippen LogP contribution in [0.25, 0.3) is 6.08 Å². The molecule has 1 saturated heterocycles. The summed E-state index contributed by atoms with van der Waals surface area (Å²) >= 11 is 8.27. The van der Waals surface area contributed by atoms with Crippen LogP contribution in [0, 0.1) is 0 Å². The third-order valence-corrected chi connectivity index (χ3v) is 7.05. The third kappa shape index (κ3) is 2.32. The highest BCUT2D eigenvalue weighted by Crippen LogP contribution is 2.45. The number of nitrogens with zero attached hydrogens (tertiary/aromatic N) is 3. The molecule has 2 aliphatic heterocycles. The van der Waals surface area contributed by atoms with Gasteiger partial charge in [-0.1, -0.05) is 29.8 Å². The number of para-hydroxylation sites is 1. The van der Waals surface area contributed by atoms with Crippen LogP contribution >= 0.6 is 22.9 Å². The Morgan fingerprint density at radius 2 is 2.08 bits per heavy atom. The highest BCUT2D eigenvalue weighted by atomic mass is 35.5. The van der Waals surface area contributed by atoms with Crippen LogP contribution < -0.4 is 9.80 Å². The molecule has 0 radical (unpaired) electrons. The molecule has 134 valence electrons. The van der Waals surface area contributed by atoms with Gasteiger partial charge in [0.05, 0.1) is 22.3 Å². The lowest BCUT2D eigenvalue weighted by Gasteiger charge is -2.32. The van der Waals surface area contributed by atoms with Gasteiger partial charge in [0.1, 0.15) is 6.17 Å². The maximum atomic E-state index is 11.8. The second-order valence-electron chi connectivity index (χ2n) is 6.82. The van der Waals surface area contributed by atoms with E-state index in [1.165, 1.54) is 21.0 Å². The van der Waals surface area contributed by atoms with Crippen molar-refractivity contribution in [2.45, 2.75) is 19.1 Å². The number of fused-ring (bicyclic) bond motifs is 5. The molecule has 1 amide bonds. The van der Waals surface area contributed by atoms with Crippen molar-refractivity contribution in [2.75, 3.05) is 29.4 Å². The first-order valence-electron chi connectivity index (χ1n) is 8.70. The molecule has 5 rings (SSSR count). The van der Waals surface area contributed by atoms with E-state index in [-0.39, 0.29) is 6.17 Å². The predicted molar refractivity (Wildman–Crippen MR) is 105 cm³/mol. The number of rotatable bonds is 1. The van der Waals surface area contributed by atoms with Gasteiger partial charge in [-0.3, -0.25) is 4.90 Å². The fourth-order valence-corrected chi connectivity index (χ4v) is 5.82. The van der Waals surface area contributed by atoms with E-state index in [4.69, 9.17) is 11.6 Å². The number of carbonyl (C=O) groups is 1. The minimum atomic E-state index is -0.857. The molecular weight excluding hydrogens is 370 g/mol. The maximum absolute atomic E-state index is 11.8. The predicted octanol–water partition coefficient (Wildman–Crippen LogP) is 4.12. The number of amides is 1. The van der Waals surface area contributed by atoms with E-state index in [2.05, 4.69) is 22.0 Å². The fourth-order valence-electron chi connectivity index (χ4n) is 4.23. The Morgan fingerprint density at radius 3 is 2.88 bits per heavy atom. The Hall–Kier alpha value is -2.18. The van der Waals surface area contributed by atoms with Gasteiger partial charge in [0.15, 0.2) is 0 Å². The normalized spacial score (nSPS) is 20.8. The zero-order valence-corrected chi connectivity index (χ0v) is 15.6. The first-order valence-corrected chi connectivity index (χ1v) is 9.89. The molecular formula is C19H18ClN3O2S. The zero-order chi connectivity index (χ0) is 17.8. The SMILES string of the molecule is O=C(O)N1CCN2c3sc4c(c3CN(c3ccccc3Cl)CC12)CC=C4. The van der Waals surface area contributed by atoms with E-state index < -0.39 is 6.09 Å². The maximum Gasteiger partial charge on any atom is 0.409 e. The van der Waals surface area contributed by atoms with Gasteiger partial charge in [-0.05, 0) is 30.2 Å². The van der Waals surface area contributed by atoms with Gasteiger partial charge in [0.25, 0.3) is 0 Å². The van der Waals surface area contributed by atoms with E-state index >= 15 is 0 Å². The van der Waals surface area contributed by atoms with Gasteiger partial charge in [-0.15, -0.1) is 11.3 Å². The summed E-state index contributed by atoms with van der Waals surface area (Å²) in [6.07, 6.45) is 4.31. The molecule has 26 heavy (non-hydrogen) atoms. The molecule has 0 saturated carbocycles. The summed E-state index contributed by atoms with van der Waals surface area (Å²) < 4.78 is 0. The Labute approximate surface area is 160 Å². The van der Waals surface area contributed by atoms with Crippen molar-refractivity contribution in [3.05, 3.63) is 51.4 Å². The second-order valence-corrected chi connectivity index (χ2v) is 8.25. The lowest BCUT2D eigenvalue weighted by atomic mass is 10.1. The van der Waals surface area contributed by atoms with Gasteiger partial charge < -0.3 is 14.9 Å². The number of halogens is 1. The zero-order valence-electron chi connectivity index (χ0n) is 14.1. The summed E-state index contributed by atoms with van der Waals surface area (Å²) in [5.41, 5.74) is 3.67. The van der Waals surface area contributed by atoms with Crippen LogP contribution in [0.3, 0.4) is 0 Å². The lowest BCUT2D eigenvalue weighted by molar-refractivity contribution is 0.141. The van der Waals surface area contributed by atoms with E-state index in [1.807, 2.05) is 24.3 Å². The van der Waals surface area contributed by atoms with Gasteiger partial charge in [0, 0.05) is 30.1 Å². The first kappa shape index (κ1) is 16.0. The van der Waals surface area contributed by atoms with E-state index in [1.54, 1.807) is 16.2 Å². The van der Waals surface area contributed by atoms with Gasteiger partial charge in [0.2, 0.25) is 0 Å². The largest absolute Gasteiger partial charge is 0.465 e. The standard InChI is InChI=1S/C19H18ClN3O2S/c20-14-5-1-2-6-15(14)21-10-13-12-4-3-7-16(12)26-18(13)22-8-9-23(19(24)25)17(22)11-21/h1-3,5-7,17H,4,8-11H2,(H,24,25). The molecule has 1 unspecified atom stereocenters. The average molecular weight is 388 g/mol. The van der Waals surface area contributed by atoms with Crippen molar-refractivity contribution < 1.29 is 9.90 Å². The van der Waals surface area contributed by atoms with E-state index in [0.717, 1.165) is 25.2 Å². The Bertz CT molecular complexity index is 926. The molecule has 1 aromatic carbocycles.